The molecule has 0 aliphatic rings. The van der Waals surface area contributed by atoms with Crippen molar-refractivity contribution in [2.24, 2.45) is 0 Å². The number of aliphatic carboxylic acids is 1. The monoisotopic (exact) mass is 279 g/mol. The molecule has 0 saturated carbocycles. The zero-order chi connectivity index (χ0) is 15.1. The van der Waals surface area contributed by atoms with Crippen molar-refractivity contribution in [1.82, 2.24) is 16.0 Å². The predicted octanol–water partition coefficient (Wildman–Crippen LogP) is 0.246. The number of benzene rings is 1. The molecular weight excluding hydrogens is 262 g/mol. The lowest BCUT2D eigenvalue weighted by molar-refractivity contribution is -0.139. The number of carbonyl (C=O) groups excluding carboxylic acids is 2. The van der Waals surface area contributed by atoms with Crippen LogP contribution in [0, 0.1) is 0 Å². The molecule has 2 unspecified atom stereocenters. The molecule has 0 aliphatic carbocycles. The first-order chi connectivity index (χ1) is 9.45. The number of carboxylic acid groups (broad SMARTS) is 1. The van der Waals surface area contributed by atoms with Crippen molar-refractivity contribution in [3.63, 3.8) is 0 Å². The van der Waals surface area contributed by atoms with Crippen LogP contribution in [-0.4, -0.2) is 36.1 Å². The molecule has 0 spiro atoms. The Morgan fingerprint density at radius 3 is 2.20 bits per heavy atom. The molecule has 3 amide bonds. The Balaban J connectivity index is 2.70. The van der Waals surface area contributed by atoms with E-state index in [-0.39, 0.29) is 5.91 Å². The van der Waals surface area contributed by atoms with Crippen molar-refractivity contribution < 1.29 is 19.5 Å². The van der Waals surface area contributed by atoms with Crippen LogP contribution >= 0.6 is 0 Å². The van der Waals surface area contributed by atoms with Gasteiger partial charge in [-0.2, -0.15) is 0 Å². The molecule has 7 nitrogen and oxygen atoms in total. The molecule has 0 fully saturated rings. The van der Waals surface area contributed by atoms with Crippen LogP contribution in [0.3, 0.4) is 0 Å². The summed E-state index contributed by atoms with van der Waals surface area (Å²) in [4.78, 5) is 34.2. The Morgan fingerprint density at radius 2 is 1.70 bits per heavy atom. The largest absolute Gasteiger partial charge is 0.479 e. The second kappa shape index (κ2) is 7.13. The normalized spacial score (nSPS) is 12.9. The Kier molecular flexibility index (Phi) is 5.52. The van der Waals surface area contributed by atoms with Gasteiger partial charge in [0, 0.05) is 7.05 Å². The predicted molar refractivity (Wildman–Crippen MR) is 72.0 cm³/mol. The van der Waals surface area contributed by atoms with Gasteiger partial charge in [0.1, 0.15) is 6.04 Å². The number of hydrogen-bond acceptors (Lipinski definition) is 3. The minimum absolute atomic E-state index is 0.369. The average molecular weight is 279 g/mol. The smallest absolute Gasteiger partial charge is 0.330 e. The van der Waals surface area contributed by atoms with E-state index in [1.165, 1.54) is 14.0 Å². The van der Waals surface area contributed by atoms with Crippen molar-refractivity contribution in [2.45, 2.75) is 19.0 Å². The molecule has 0 heterocycles. The van der Waals surface area contributed by atoms with Gasteiger partial charge in [-0.25, -0.2) is 9.59 Å². The van der Waals surface area contributed by atoms with Gasteiger partial charge in [-0.15, -0.1) is 0 Å². The van der Waals surface area contributed by atoms with Crippen LogP contribution in [0.15, 0.2) is 30.3 Å². The molecule has 2 atom stereocenters. The summed E-state index contributed by atoms with van der Waals surface area (Å²) in [6, 6.07) is 5.64. The summed E-state index contributed by atoms with van der Waals surface area (Å²) >= 11 is 0. The molecule has 0 bridgehead atoms. The van der Waals surface area contributed by atoms with Gasteiger partial charge in [0.25, 0.3) is 0 Å². The first kappa shape index (κ1) is 15.5. The van der Waals surface area contributed by atoms with Gasteiger partial charge >= 0.3 is 12.0 Å². The number of hydrogen-bond donors (Lipinski definition) is 4. The maximum absolute atomic E-state index is 11.7. The second-order valence-corrected chi connectivity index (χ2v) is 4.14. The van der Waals surface area contributed by atoms with Crippen LogP contribution in [0.5, 0.6) is 0 Å². The van der Waals surface area contributed by atoms with E-state index in [2.05, 4.69) is 16.0 Å². The van der Waals surface area contributed by atoms with E-state index in [1.807, 2.05) is 0 Å². The molecule has 0 aliphatic heterocycles. The van der Waals surface area contributed by atoms with E-state index in [4.69, 9.17) is 5.11 Å². The second-order valence-electron chi connectivity index (χ2n) is 4.14. The summed E-state index contributed by atoms with van der Waals surface area (Å²) in [5.41, 5.74) is 0.447. The van der Waals surface area contributed by atoms with Gasteiger partial charge < -0.3 is 21.1 Å². The van der Waals surface area contributed by atoms with Crippen LogP contribution in [0.25, 0.3) is 0 Å². The van der Waals surface area contributed by atoms with Gasteiger partial charge in [-0.3, -0.25) is 4.79 Å². The SMILES string of the molecule is CNC(=O)C(C)NC(=O)NC(C(=O)O)c1ccccc1. The van der Waals surface area contributed by atoms with Crippen molar-refractivity contribution in [2.75, 3.05) is 7.05 Å². The lowest BCUT2D eigenvalue weighted by Crippen LogP contribution is -2.49. The number of likely N-dealkylation sites (N-methyl/N-ethyl adjacent to an activating group) is 1. The summed E-state index contributed by atoms with van der Waals surface area (Å²) < 4.78 is 0. The average Bonchev–Trinajstić information content (AvgIpc) is 2.44. The molecule has 0 saturated heterocycles. The number of amides is 3. The Bertz CT molecular complexity index is 490. The van der Waals surface area contributed by atoms with E-state index in [9.17, 15) is 14.4 Å². The molecular formula is C13H17N3O4. The summed E-state index contributed by atoms with van der Waals surface area (Å²) in [5.74, 6) is -1.55. The van der Waals surface area contributed by atoms with Crippen molar-refractivity contribution in [3.8, 4) is 0 Å². The standard InChI is InChI=1S/C13H17N3O4/c1-8(11(17)14-2)15-13(20)16-10(12(18)19)9-6-4-3-5-7-9/h3-8,10H,1-2H3,(H,14,17)(H,18,19)(H2,15,16,20). The van der Waals surface area contributed by atoms with Crippen LogP contribution in [0.4, 0.5) is 4.79 Å². The van der Waals surface area contributed by atoms with E-state index in [0.29, 0.717) is 5.56 Å². The minimum Gasteiger partial charge on any atom is -0.479 e. The van der Waals surface area contributed by atoms with Crippen LogP contribution in [-0.2, 0) is 9.59 Å². The summed E-state index contributed by atoms with van der Waals surface area (Å²) in [6.07, 6.45) is 0. The molecule has 1 aromatic carbocycles. The fourth-order valence-electron chi connectivity index (χ4n) is 1.58. The molecule has 108 valence electrons. The van der Waals surface area contributed by atoms with Gasteiger partial charge in [0.05, 0.1) is 0 Å². The first-order valence-electron chi connectivity index (χ1n) is 6.02. The van der Waals surface area contributed by atoms with Gasteiger partial charge in [-0.05, 0) is 12.5 Å². The molecule has 7 heteroatoms. The highest BCUT2D eigenvalue weighted by Gasteiger charge is 2.23. The van der Waals surface area contributed by atoms with Gasteiger partial charge in [0.2, 0.25) is 5.91 Å². The van der Waals surface area contributed by atoms with Crippen LogP contribution in [0.2, 0.25) is 0 Å². The number of rotatable bonds is 5. The molecule has 4 N–H and O–H groups in total. The Labute approximate surface area is 116 Å². The number of urea groups is 1. The van der Waals surface area contributed by atoms with Crippen molar-refractivity contribution >= 4 is 17.9 Å². The molecule has 0 radical (unpaired) electrons. The quantitative estimate of drug-likeness (QED) is 0.619. The van der Waals surface area contributed by atoms with E-state index < -0.39 is 24.1 Å². The zero-order valence-corrected chi connectivity index (χ0v) is 11.2. The van der Waals surface area contributed by atoms with E-state index >= 15 is 0 Å². The summed E-state index contributed by atoms with van der Waals surface area (Å²) in [6.45, 7) is 1.50. The third kappa shape index (κ3) is 4.27. The molecule has 0 aromatic heterocycles. The lowest BCUT2D eigenvalue weighted by atomic mass is 10.1. The summed E-state index contributed by atoms with van der Waals surface area (Å²) in [5, 5.41) is 16.2. The Hall–Kier alpha value is -2.57. The molecule has 20 heavy (non-hydrogen) atoms. The van der Waals surface area contributed by atoms with E-state index in [0.717, 1.165) is 0 Å². The summed E-state index contributed by atoms with van der Waals surface area (Å²) in [7, 11) is 1.45. The molecule has 1 rings (SSSR count). The fraction of sp³-hybridized carbons (Fsp3) is 0.308. The maximum Gasteiger partial charge on any atom is 0.330 e. The number of carbonyl (C=O) groups is 3. The van der Waals surface area contributed by atoms with Crippen molar-refractivity contribution in [1.29, 1.82) is 0 Å². The topological polar surface area (TPSA) is 108 Å². The highest BCUT2D eigenvalue weighted by Crippen LogP contribution is 2.12. The van der Waals surface area contributed by atoms with Crippen LogP contribution < -0.4 is 16.0 Å². The van der Waals surface area contributed by atoms with Crippen LogP contribution in [0.1, 0.15) is 18.5 Å². The maximum atomic E-state index is 11.7. The molecule has 1 aromatic rings. The van der Waals surface area contributed by atoms with E-state index in [1.54, 1.807) is 30.3 Å². The highest BCUT2D eigenvalue weighted by atomic mass is 16.4. The first-order valence-corrected chi connectivity index (χ1v) is 6.02. The van der Waals surface area contributed by atoms with Gasteiger partial charge in [0.15, 0.2) is 6.04 Å². The minimum atomic E-state index is -1.18. The Morgan fingerprint density at radius 1 is 1.10 bits per heavy atom. The third-order valence-electron chi connectivity index (χ3n) is 2.64. The van der Waals surface area contributed by atoms with Gasteiger partial charge in [-0.1, -0.05) is 30.3 Å². The van der Waals surface area contributed by atoms with Crippen molar-refractivity contribution in [3.05, 3.63) is 35.9 Å². The number of carboxylic acids is 1. The fourth-order valence-corrected chi connectivity index (χ4v) is 1.58. The third-order valence-corrected chi connectivity index (χ3v) is 2.64. The lowest BCUT2D eigenvalue weighted by Gasteiger charge is -2.17. The zero-order valence-electron chi connectivity index (χ0n) is 11.2. The highest BCUT2D eigenvalue weighted by molar-refractivity contribution is 5.88. The number of nitrogens with one attached hydrogen (secondary N) is 3.